The third kappa shape index (κ3) is 10.6. The minimum atomic E-state index is -1.70. The Hall–Kier alpha value is -4.94. The molecule has 13 nitrogen and oxygen atoms in total. The van der Waals surface area contributed by atoms with E-state index in [0.29, 0.717) is 44.5 Å². The normalized spacial score (nSPS) is 20.9. The number of hydrogen-bond donors (Lipinski definition) is 3. The van der Waals surface area contributed by atoms with Crippen molar-refractivity contribution in [2.45, 2.75) is 92.3 Å². The van der Waals surface area contributed by atoms with E-state index in [2.05, 4.69) is 16.0 Å². The molecule has 3 rings (SSSR count). The quantitative estimate of drug-likeness (QED) is 0.0899. The highest BCUT2D eigenvalue weighted by Gasteiger charge is 2.78. The van der Waals surface area contributed by atoms with E-state index in [1.807, 2.05) is 12.1 Å². The number of nitrogens with one attached hydrogen (secondary N) is 3. The molecule has 1 fully saturated rings. The summed E-state index contributed by atoms with van der Waals surface area (Å²) in [5, 5.41) is 8.30. The molecule has 53 heavy (non-hydrogen) atoms. The van der Waals surface area contributed by atoms with Gasteiger partial charge in [-0.15, -0.1) is 0 Å². The highest BCUT2D eigenvalue weighted by atomic mass is 16.6. The van der Waals surface area contributed by atoms with Crippen LogP contribution < -0.4 is 16.0 Å². The second-order valence-electron chi connectivity index (χ2n) is 15.7. The van der Waals surface area contributed by atoms with Gasteiger partial charge in [0.25, 0.3) is 0 Å². The SMILES string of the molecule is COC(=O)C1C(C)(C(=O)Nc2ccc(CCCNC(=O)OC(C)(C)C)cc2)C(C(=O)c2ccc(CCCNC(=O)OC(C)(C)C)cc2)C1(C)C(=O)OC. The zero-order chi connectivity index (χ0) is 39.8. The fraction of sp³-hybridized carbons (Fsp3) is 0.550. The van der Waals surface area contributed by atoms with Crippen LogP contribution in [0.1, 0.15) is 89.7 Å². The molecule has 0 radical (unpaired) electrons. The lowest BCUT2D eigenvalue weighted by atomic mass is 9.38. The zero-order valence-electron chi connectivity index (χ0n) is 32.6. The number of Topliss-reactive ketones (excluding diaryl/α,β-unsaturated/α-hetero) is 1. The Kier molecular flexibility index (Phi) is 13.8. The van der Waals surface area contributed by atoms with Crippen LogP contribution in [0.2, 0.25) is 0 Å². The van der Waals surface area contributed by atoms with E-state index in [-0.39, 0.29) is 5.56 Å². The average molecular weight is 738 g/mol. The lowest BCUT2D eigenvalue weighted by Gasteiger charge is -2.60. The largest absolute Gasteiger partial charge is 0.469 e. The van der Waals surface area contributed by atoms with Crippen LogP contribution in [-0.4, -0.2) is 74.3 Å². The standard InChI is InChI=1S/C40H55N3O10/c1-37(2,3)52-35(48)41-23-11-13-25-15-19-27(20-16-25)29(44)30-39(7,31(32(45)50-9)40(30,8)34(47)51-10)33(46)43-28-21-17-26(18-22-28)14-12-24-42-36(49)53-38(4,5)6/h15-22,30-31H,11-14,23-24H2,1-10H3,(H,41,48)(H,42,49)(H,43,46). The number of carbonyl (C=O) groups excluding carboxylic acids is 6. The number of methoxy groups -OCH3 is 2. The van der Waals surface area contributed by atoms with Crippen molar-refractivity contribution in [3.05, 3.63) is 65.2 Å². The van der Waals surface area contributed by atoms with E-state index in [0.717, 1.165) is 18.2 Å². The maximum absolute atomic E-state index is 14.3. The van der Waals surface area contributed by atoms with E-state index in [1.54, 1.807) is 77.9 Å². The number of benzene rings is 2. The van der Waals surface area contributed by atoms with Gasteiger partial charge in [-0.3, -0.25) is 19.2 Å². The van der Waals surface area contributed by atoms with Crippen LogP contribution in [0.4, 0.5) is 15.3 Å². The average Bonchev–Trinajstić information content (AvgIpc) is 3.07. The van der Waals surface area contributed by atoms with Gasteiger partial charge in [0.2, 0.25) is 5.91 Å². The molecule has 3 N–H and O–H groups in total. The number of hydrogen-bond acceptors (Lipinski definition) is 10. The molecule has 0 heterocycles. The summed E-state index contributed by atoms with van der Waals surface area (Å²) in [6.07, 6.45) is 1.57. The molecule has 3 amide bonds. The van der Waals surface area contributed by atoms with Crippen LogP contribution in [0.3, 0.4) is 0 Å². The summed E-state index contributed by atoms with van der Waals surface area (Å²) < 4.78 is 20.7. The van der Waals surface area contributed by atoms with Crippen LogP contribution in [0.15, 0.2) is 48.5 Å². The van der Waals surface area contributed by atoms with Crippen molar-refractivity contribution in [1.29, 1.82) is 0 Å². The van der Waals surface area contributed by atoms with Crippen molar-refractivity contribution in [2.24, 2.45) is 22.7 Å². The fourth-order valence-electron chi connectivity index (χ4n) is 6.97. The highest BCUT2D eigenvalue weighted by molar-refractivity contribution is 6.12. The Labute approximate surface area is 312 Å². The number of ketones is 1. The summed E-state index contributed by atoms with van der Waals surface area (Å²) in [4.78, 5) is 78.9. The van der Waals surface area contributed by atoms with E-state index >= 15 is 0 Å². The van der Waals surface area contributed by atoms with Crippen molar-refractivity contribution in [3.63, 3.8) is 0 Å². The van der Waals surface area contributed by atoms with E-state index < -0.39 is 69.7 Å². The summed E-state index contributed by atoms with van der Waals surface area (Å²) in [5.74, 6) is -5.34. The van der Waals surface area contributed by atoms with Gasteiger partial charge in [0, 0.05) is 24.3 Å². The Morgan fingerprint density at radius 3 is 1.51 bits per heavy atom. The zero-order valence-corrected chi connectivity index (χ0v) is 32.6. The van der Waals surface area contributed by atoms with Gasteiger partial charge in [0.05, 0.1) is 36.9 Å². The lowest BCUT2D eigenvalue weighted by molar-refractivity contribution is -0.211. The highest BCUT2D eigenvalue weighted by Crippen LogP contribution is 2.66. The van der Waals surface area contributed by atoms with Crippen LogP contribution in [0, 0.1) is 22.7 Å². The van der Waals surface area contributed by atoms with Crippen molar-refractivity contribution >= 4 is 41.5 Å². The molecule has 290 valence electrons. The summed E-state index contributed by atoms with van der Waals surface area (Å²) in [7, 11) is 2.33. The minimum absolute atomic E-state index is 0.258. The first kappa shape index (κ1) is 42.5. The molecule has 0 bridgehead atoms. The monoisotopic (exact) mass is 737 g/mol. The Balaban J connectivity index is 1.76. The summed E-state index contributed by atoms with van der Waals surface area (Å²) in [6, 6.07) is 13.9. The van der Waals surface area contributed by atoms with Crippen molar-refractivity contribution < 1.29 is 47.7 Å². The molecule has 1 saturated carbocycles. The van der Waals surface area contributed by atoms with E-state index in [4.69, 9.17) is 18.9 Å². The first-order valence-electron chi connectivity index (χ1n) is 17.8. The van der Waals surface area contributed by atoms with Crippen molar-refractivity contribution in [2.75, 3.05) is 32.6 Å². The molecule has 1 aliphatic carbocycles. The molecule has 13 heteroatoms. The molecule has 0 aliphatic heterocycles. The molecule has 0 aromatic heterocycles. The van der Waals surface area contributed by atoms with Gasteiger partial charge >= 0.3 is 24.1 Å². The second kappa shape index (κ2) is 17.3. The van der Waals surface area contributed by atoms with E-state index in [1.165, 1.54) is 21.0 Å². The van der Waals surface area contributed by atoms with Gasteiger partial charge in [0.15, 0.2) is 5.78 Å². The van der Waals surface area contributed by atoms with Gasteiger partial charge in [0.1, 0.15) is 11.2 Å². The molecule has 0 saturated heterocycles. The van der Waals surface area contributed by atoms with Crippen molar-refractivity contribution in [3.8, 4) is 0 Å². The Bertz CT molecular complexity index is 1640. The third-order valence-corrected chi connectivity index (χ3v) is 9.28. The van der Waals surface area contributed by atoms with Crippen LogP contribution in [0.25, 0.3) is 0 Å². The number of anilines is 1. The molecule has 2 aromatic carbocycles. The molecular formula is C40H55N3O10. The minimum Gasteiger partial charge on any atom is -0.469 e. The second-order valence-corrected chi connectivity index (χ2v) is 15.7. The number of aryl methyl sites for hydroxylation is 2. The first-order valence-corrected chi connectivity index (χ1v) is 17.8. The molecule has 0 spiro atoms. The lowest BCUT2D eigenvalue weighted by Crippen LogP contribution is -2.73. The molecule has 4 unspecified atom stereocenters. The Morgan fingerprint density at radius 2 is 1.09 bits per heavy atom. The predicted octanol–water partition coefficient (Wildman–Crippen LogP) is 6.03. The summed E-state index contributed by atoms with van der Waals surface area (Å²) in [6.45, 7) is 14.5. The van der Waals surface area contributed by atoms with Crippen LogP contribution >= 0.6 is 0 Å². The predicted molar refractivity (Wildman–Crippen MR) is 198 cm³/mol. The number of alkyl carbamates (subject to hydrolysis) is 2. The molecule has 2 aromatic rings. The van der Waals surface area contributed by atoms with Gasteiger partial charge in [-0.25, -0.2) is 9.59 Å². The van der Waals surface area contributed by atoms with Crippen LogP contribution in [0.5, 0.6) is 0 Å². The topological polar surface area (TPSA) is 175 Å². The summed E-state index contributed by atoms with van der Waals surface area (Å²) >= 11 is 0. The summed E-state index contributed by atoms with van der Waals surface area (Å²) in [5.41, 5.74) is -2.01. The smallest absolute Gasteiger partial charge is 0.407 e. The van der Waals surface area contributed by atoms with Crippen LogP contribution in [-0.2, 0) is 46.2 Å². The fourth-order valence-corrected chi connectivity index (χ4v) is 6.97. The number of esters is 2. The van der Waals surface area contributed by atoms with Gasteiger partial charge < -0.3 is 34.9 Å². The number of rotatable bonds is 14. The van der Waals surface area contributed by atoms with Gasteiger partial charge in [-0.1, -0.05) is 36.4 Å². The van der Waals surface area contributed by atoms with Crippen molar-refractivity contribution in [1.82, 2.24) is 10.6 Å². The Morgan fingerprint density at radius 1 is 0.642 bits per heavy atom. The van der Waals surface area contributed by atoms with Gasteiger partial charge in [-0.2, -0.15) is 0 Å². The number of carbonyl (C=O) groups is 6. The number of ether oxygens (including phenoxy) is 4. The first-order chi connectivity index (χ1) is 24.7. The van der Waals surface area contributed by atoms with E-state index in [9.17, 15) is 28.8 Å². The maximum atomic E-state index is 14.3. The molecular weight excluding hydrogens is 682 g/mol. The third-order valence-electron chi connectivity index (χ3n) is 9.28. The molecule has 1 aliphatic rings. The van der Waals surface area contributed by atoms with Gasteiger partial charge in [-0.05, 0) is 104 Å². The maximum Gasteiger partial charge on any atom is 0.407 e. The number of amides is 3. The molecule has 4 atom stereocenters.